The molecule has 2 heterocycles. The van der Waals surface area contributed by atoms with Gasteiger partial charge in [0.15, 0.2) is 5.96 Å². The van der Waals surface area contributed by atoms with Gasteiger partial charge in [0.25, 0.3) is 0 Å². The Morgan fingerprint density at radius 3 is 2.64 bits per heavy atom. The molecule has 3 rings (SSSR count). The Hall–Kier alpha value is -1.29. The van der Waals surface area contributed by atoms with Gasteiger partial charge >= 0.3 is 0 Å². The third-order valence-electron chi connectivity index (χ3n) is 5.85. The molecular formula is C19H35FN6O2. The minimum atomic E-state index is -0.638. The zero-order chi connectivity index (χ0) is 20.1. The van der Waals surface area contributed by atoms with Crippen LogP contribution >= 0.6 is 0 Å². The molecule has 4 atom stereocenters. The first-order valence-electron chi connectivity index (χ1n) is 10.6. The summed E-state index contributed by atoms with van der Waals surface area (Å²) in [6.45, 7) is 7.18. The lowest BCUT2D eigenvalue weighted by atomic mass is 9.82. The lowest BCUT2D eigenvalue weighted by Crippen LogP contribution is -2.52. The van der Waals surface area contributed by atoms with E-state index in [1.807, 2.05) is 6.92 Å². The van der Waals surface area contributed by atoms with Crippen molar-refractivity contribution in [3.8, 4) is 0 Å². The van der Waals surface area contributed by atoms with Crippen LogP contribution in [-0.4, -0.2) is 49.4 Å². The maximum atomic E-state index is 13.4. The standard InChI is InChI=1S/C19H35FN6O2/c1-11(2)9-21-19(24-18(27)15-10-22-28-12(15)3)23-17-8-16(25-26-17)13-4-6-14(20)7-5-13/h11-17,22,25-26H,4-10H2,1-3H3,(H2,21,23,24,27). The van der Waals surface area contributed by atoms with Gasteiger partial charge < -0.3 is 5.32 Å². The maximum absolute atomic E-state index is 13.4. The van der Waals surface area contributed by atoms with Crippen LogP contribution in [0.1, 0.15) is 52.9 Å². The second-order valence-corrected chi connectivity index (χ2v) is 8.69. The number of hydrogen-bond donors (Lipinski definition) is 5. The number of alkyl halides is 1. The third-order valence-corrected chi connectivity index (χ3v) is 5.85. The molecule has 160 valence electrons. The zero-order valence-corrected chi connectivity index (χ0v) is 17.1. The molecule has 0 bridgehead atoms. The first kappa shape index (κ1) is 21.4. The molecule has 0 aromatic rings. The summed E-state index contributed by atoms with van der Waals surface area (Å²) in [6, 6.07) is 0.305. The van der Waals surface area contributed by atoms with E-state index in [0.29, 0.717) is 49.8 Å². The Bertz CT molecular complexity index is 553. The second kappa shape index (κ2) is 9.96. The van der Waals surface area contributed by atoms with Crippen LogP contribution in [0.15, 0.2) is 4.99 Å². The van der Waals surface area contributed by atoms with E-state index in [9.17, 15) is 9.18 Å². The van der Waals surface area contributed by atoms with Gasteiger partial charge in [0.2, 0.25) is 5.91 Å². The van der Waals surface area contributed by atoms with E-state index in [-0.39, 0.29) is 24.1 Å². The largest absolute Gasteiger partial charge is 0.339 e. The number of hydrogen-bond acceptors (Lipinski definition) is 6. The van der Waals surface area contributed by atoms with Gasteiger partial charge in [0, 0.05) is 19.1 Å². The van der Waals surface area contributed by atoms with Crippen LogP contribution < -0.4 is 27.0 Å². The smallest absolute Gasteiger partial charge is 0.233 e. The number of nitrogens with one attached hydrogen (secondary N) is 5. The van der Waals surface area contributed by atoms with Crippen molar-refractivity contribution in [1.29, 1.82) is 0 Å². The molecule has 0 radical (unpaired) electrons. The Balaban J connectivity index is 1.54. The lowest BCUT2D eigenvalue weighted by molar-refractivity contribution is -0.124. The summed E-state index contributed by atoms with van der Waals surface area (Å²) in [5, 5.41) is 6.26. The minimum absolute atomic E-state index is 0.0327. The third kappa shape index (κ3) is 5.85. The topological polar surface area (TPSA) is 98.8 Å². The van der Waals surface area contributed by atoms with Crippen molar-refractivity contribution in [2.45, 2.75) is 77.4 Å². The number of hydrazine groups is 1. The van der Waals surface area contributed by atoms with Crippen molar-refractivity contribution < 1.29 is 14.0 Å². The monoisotopic (exact) mass is 398 g/mol. The Labute approximate surface area is 166 Å². The summed E-state index contributed by atoms with van der Waals surface area (Å²) < 4.78 is 13.4. The molecule has 1 saturated carbocycles. The van der Waals surface area contributed by atoms with Crippen LogP contribution in [0, 0.1) is 17.8 Å². The highest BCUT2D eigenvalue weighted by Crippen LogP contribution is 2.30. The van der Waals surface area contributed by atoms with E-state index in [1.165, 1.54) is 0 Å². The molecule has 2 aliphatic heterocycles. The quantitative estimate of drug-likeness (QED) is 0.350. The van der Waals surface area contributed by atoms with Crippen LogP contribution in [0.4, 0.5) is 4.39 Å². The van der Waals surface area contributed by atoms with E-state index in [1.54, 1.807) is 0 Å². The van der Waals surface area contributed by atoms with Gasteiger partial charge in [-0.2, -0.15) is 0 Å². The molecular weight excluding hydrogens is 363 g/mol. The summed E-state index contributed by atoms with van der Waals surface area (Å²) in [5.74, 6) is 1.02. The van der Waals surface area contributed by atoms with E-state index in [4.69, 9.17) is 4.84 Å². The number of carbonyl (C=O) groups excluding carboxylic acids is 1. The molecule has 4 unspecified atom stereocenters. The number of halogens is 1. The zero-order valence-electron chi connectivity index (χ0n) is 17.1. The average molecular weight is 399 g/mol. The molecule has 5 N–H and O–H groups in total. The van der Waals surface area contributed by atoms with Gasteiger partial charge in [-0.1, -0.05) is 13.8 Å². The van der Waals surface area contributed by atoms with E-state index in [0.717, 1.165) is 19.3 Å². The van der Waals surface area contributed by atoms with E-state index >= 15 is 0 Å². The van der Waals surface area contributed by atoms with Crippen molar-refractivity contribution >= 4 is 11.9 Å². The number of guanidine groups is 1. The molecule has 3 aliphatic rings. The predicted molar refractivity (Wildman–Crippen MR) is 106 cm³/mol. The molecule has 0 aromatic carbocycles. The lowest BCUT2D eigenvalue weighted by Gasteiger charge is -2.28. The van der Waals surface area contributed by atoms with Gasteiger partial charge in [-0.15, -0.1) is 0 Å². The molecule has 9 heteroatoms. The van der Waals surface area contributed by atoms with E-state index < -0.39 is 6.17 Å². The molecule has 3 fully saturated rings. The highest BCUT2D eigenvalue weighted by atomic mass is 19.1. The first-order chi connectivity index (χ1) is 13.4. The molecule has 1 amide bonds. The SMILES string of the molecule is CC(C)CN=C(NC(=O)C1CNOC1C)NC1CC(C2CCC(F)CC2)NN1. The number of amides is 1. The number of rotatable bonds is 5. The maximum Gasteiger partial charge on any atom is 0.233 e. The Morgan fingerprint density at radius 2 is 2.00 bits per heavy atom. The van der Waals surface area contributed by atoms with Crippen molar-refractivity contribution in [3.63, 3.8) is 0 Å². The second-order valence-electron chi connectivity index (χ2n) is 8.69. The normalized spacial score (nSPS) is 36.7. The fourth-order valence-electron chi connectivity index (χ4n) is 4.06. The number of hydroxylamine groups is 1. The highest BCUT2D eigenvalue weighted by Gasteiger charge is 2.35. The van der Waals surface area contributed by atoms with Crippen molar-refractivity contribution in [2.75, 3.05) is 13.1 Å². The molecule has 0 aromatic heterocycles. The predicted octanol–water partition coefficient (Wildman–Crippen LogP) is 0.965. The van der Waals surface area contributed by atoms with Crippen molar-refractivity contribution in [3.05, 3.63) is 0 Å². The average Bonchev–Trinajstić information content (AvgIpc) is 3.29. The van der Waals surface area contributed by atoms with Crippen LogP contribution in [0.3, 0.4) is 0 Å². The molecule has 28 heavy (non-hydrogen) atoms. The summed E-state index contributed by atoms with van der Waals surface area (Å²) in [7, 11) is 0. The number of carbonyl (C=O) groups is 1. The van der Waals surface area contributed by atoms with E-state index in [2.05, 4.69) is 45.8 Å². The van der Waals surface area contributed by atoms with Gasteiger partial charge in [-0.05, 0) is 50.9 Å². The number of aliphatic imine (C=N–C) groups is 1. The van der Waals surface area contributed by atoms with Crippen molar-refractivity contribution in [1.82, 2.24) is 27.0 Å². The first-order valence-corrected chi connectivity index (χ1v) is 10.6. The van der Waals surface area contributed by atoms with Crippen LogP contribution in [0.2, 0.25) is 0 Å². The molecule has 0 spiro atoms. The summed E-state index contributed by atoms with van der Waals surface area (Å²) in [5.41, 5.74) is 9.38. The van der Waals surface area contributed by atoms with Gasteiger partial charge in [-0.3, -0.25) is 25.4 Å². The van der Waals surface area contributed by atoms with Crippen LogP contribution in [0.25, 0.3) is 0 Å². The molecule has 1 aliphatic carbocycles. The fraction of sp³-hybridized carbons (Fsp3) is 0.895. The minimum Gasteiger partial charge on any atom is -0.339 e. The molecule has 8 nitrogen and oxygen atoms in total. The van der Waals surface area contributed by atoms with Crippen LogP contribution in [-0.2, 0) is 9.63 Å². The van der Waals surface area contributed by atoms with Gasteiger partial charge in [-0.25, -0.2) is 15.3 Å². The number of nitrogens with zero attached hydrogens (tertiary/aromatic N) is 1. The summed E-state index contributed by atoms with van der Waals surface area (Å²) in [4.78, 5) is 22.4. The fourth-order valence-corrected chi connectivity index (χ4v) is 4.06. The Morgan fingerprint density at radius 1 is 1.25 bits per heavy atom. The molecule has 2 saturated heterocycles. The van der Waals surface area contributed by atoms with Crippen molar-refractivity contribution in [2.24, 2.45) is 22.7 Å². The van der Waals surface area contributed by atoms with Gasteiger partial charge in [0.1, 0.15) is 6.17 Å². The van der Waals surface area contributed by atoms with Gasteiger partial charge in [0.05, 0.1) is 18.2 Å². The summed E-state index contributed by atoms with van der Waals surface area (Å²) >= 11 is 0. The Kier molecular flexibility index (Phi) is 7.62. The summed E-state index contributed by atoms with van der Waals surface area (Å²) in [6.07, 6.45) is 3.18. The highest BCUT2D eigenvalue weighted by molar-refractivity contribution is 5.98. The van der Waals surface area contributed by atoms with Crippen LogP contribution in [0.5, 0.6) is 0 Å².